The maximum absolute atomic E-state index is 4.24. The van der Waals surface area contributed by atoms with Crippen molar-refractivity contribution in [3.63, 3.8) is 0 Å². The van der Waals surface area contributed by atoms with Gasteiger partial charge in [0.15, 0.2) is 0 Å². The molecule has 0 atom stereocenters. The minimum atomic E-state index is 0.988. The molecule has 1 fully saturated rings. The Labute approximate surface area is 71.2 Å². The fourth-order valence-corrected chi connectivity index (χ4v) is 1.97. The maximum atomic E-state index is 4.24. The van der Waals surface area contributed by atoms with E-state index in [0.717, 1.165) is 5.92 Å². The van der Waals surface area contributed by atoms with Gasteiger partial charge in [-0.1, -0.05) is 6.07 Å². The van der Waals surface area contributed by atoms with Gasteiger partial charge in [-0.05, 0) is 30.9 Å². The van der Waals surface area contributed by atoms with Crippen molar-refractivity contribution < 1.29 is 0 Å². The molecule has 0 N–H and O–H groups in total. The molecule has 1 aliphatic rings. The van der Waals surface area contributed by atoms with Gasteiger partial charge in [0.2, 0.25) is 0 Å². The lowest BCUT2D eigenvalue weighted by Gasteiger charge is -1.96. The molecule has 0 aromatic carbocycles. The maximum Gasteiger partial charge on any atom is 0.0959 e. The van der Waals surface area contributed by atoms with Gasteiger partial charge in [-0.25, -0.2) is 4.98 Å². The highest BCUT2D eigenvalue weighted by molar-refractivity contribution is 7.99. The lowest BCUT2D eigenvalue weighted by atomic mass is 10.5. The molecule has 11 heavy (non-hydrogen) atoms. The summed E-state index contributed by atoms with van der Waals surface area (Å²) in [5.74, 6) is 2.25. The second-order valence-corrected chi connectivity index (χ2v) is 3.96. The van der Waals surface area contributed by atoms with E-state index in [9.17, 15) is 0 Å². The van der Waals surface area contributed by atoms with Crippen molar-refractivity contribution in [2.75, 3.05) is 5.75 Å². The van der Waals surface area contributed by atoms with Crippen molar-refractivity contribution in [2.45, 2.75) is 17.9 Å². The first-order valence-electron chi connectivity index (χ1n) is 3.99. The molecule has 0 spiro atoms. The summed E-state index contributed by atoms with van der Waals surface area (Å²) >= 11 is 1.88. The minimum absolute atomic E-state index is 0.988. The Morgan fingerprint density at radius 1 is 1.45 bits per heavy atom. The Bertz CT molecular complexity index is 218. The minimum Gasteiger partial charge on any atom is -0.250 e. The number of thioether (sulfide) groups is 1. The Hall–Kier alpha value is -0.500. The molecule has 58 valence electrons. The fourth-order valence-electron chi connectivity index (χ4n) is 0.920. The highest BCUT2D eigenvalue weighted by Crippen LogP contribution is 2.34. The van der Waals surface area contributed by atoms with Gasteiger partial charge in [0, 0.05) is 11.9 Å². The van der Waals surface area contributed by atoms with Crippen LogP contribution in [-0.4, -0.2) is 10.7 Å². The van der Waals surface area contributed by atoms with Crippen LogP contribution in [0, 0.1) is 5.92 Å². The summed E-state index contributed by atoms with van der Waals surface area (Å²) in [7, 11) is 0. The second kappa shape index (κ2) is 3.26. The van der Waals surface area contributed by atoms with E-state index in [1.807, 2.05) is 30.1 Å². The van der Waals surface area contributed by atoms with Gasteiger partial charge >= 0.3 is 0 Å². The molecule has 2 rings (SSSR count). The van der Waals surface area contributed by atoms with Gasteiger partial charge in [0.1, 0.15) is 0 Å². The van der Waals surface area contributed by atoms with Crippen molar-refractivity contribution in [3.05, 3.63) is 24.4 Å². The van der Waals surface area contributed by atoms with Crippen LogP contribution in [0.1, 0.15) is 12.8 Å². The normalized spacial score (nSPS) is 16.7. The van der Waals surface area contributed by atoms with Gasteiger partial charge in [-0.15, -0.1) is 11.8 Å². The van der Waals surface area contributed by atoms with E-state index in [4.69, 9.17) is 0 Å². The Morgan fingerprint density at radius 2 is 2.36 bits per heavy atom. The summed E-state index contributed by atoms with van der Waals surface area (Å²) in [6.07, 6.45) is 4.72. The molecule has 1 nitrogen and oxygen atoms in total. The van der Waals surface area contributed by atoms with Crippen molar-refractivity contribution in [1.29, 1.82) is 0 Å². The molecular weight excluding hydrogens is 154 g/mol. The molecule has 1 aromatic heterocycles. The quantitative estimate of drug-likeness (QED) is 0.638. The van der Waals surface area contributed by atoms with E-state index in [-0.39, 0.29) is 0 Å². The number of hydrogen-bond acceptors (Lipinski definition) is 2. The third-order valence-corrected chi connectivity index (χ3v) is 2.98. The summed E-state index contributed by atoms with van der Waals surface area (Å²) in [4.78, 5) is 4.24. The smallest absolute Gasteiger partial charge is 0.0959 e. The molecule has 2 heteroatoms. The summed E-state index contributed by atoms with van der Waals surface area (Å²) in [5, 5.41) is 1.17. The van der Waals surface area contributed by atoms with Crippen LogP contribution in [0.25, 0.3) is 0 Å². The van der Waals surface area contributed by atoms with Crippen molar-refractivity contribution in [1.82, 2.24) is 4.98 Å². The largest absolute Gasteiger partial charge is 0.250 e. The predicted octanol–water partition coefficient (Wildman–Crippen LogP) is 2.58. The first-order valence-corrected chi connectivity index (χ1v) is 4.97. The van der Waals surface area contributed by atoms with Crippen LogP contribution >= 0.6 is 11.8 Å². The fraction of sp³-hybridized carbons (Fsp3) is 0.444. The van der Waals surface area contributed by atoms with E-state index in [2.05, 4.69) is 11.1 Å². The summed E-state index contributed by atoms with van der Waals surface area (Å²) < 4.78 is 0. The highest BCUT2D eigenvalue weighted by atomic mass is 32.2. The molecule has 0 radical (unpaired) electrons. The average molecular weight is 165 g/mol. The van der Waals surface area contributed by atoms with Crippen LogP contribution in [0.15, 0.2) is 29.4 Å². The van der Waals surface area contributed by atoms with Gasteiger partial charge < -0.3 is 0 Å². The number of rotatable bonds is 3. The van der Waals surface area contributed by atoms with Crippen LogP contribution in [0.4, 0.5) is 0 Å². The number of pyridine rings is 1. The second-order valence-electron chi connectivity index (χ2n) is 2.92. The summed E-state index contributed by atoms with van der Waals surface area (Å²) in [6, 6.07) is 6.08. The zero-order valence-corrected chi connectivity index (χ0v) is 7.18. The lowest BCUT2D eigenvalue weighted by molar-refractivity contribution is 0.993. The summed E-state index contributed by atoms with van der Waals surface area (Å²) in [6.45, 7) is 0. The van der Waals surface area contributed by atoms with E-state index >= 15 is 0 Å². The Morgan fingerprint density at radius 3 is 3.00 bits per heavy atom. The molecule has 1 aliphatic carbocycles. The average Bonchev–Trinajstić information content (AvgIpc) is 2.86. The van der Waals surface area contributed by atoms with Gasteiger partial charge in [0.25, 0.3) is 0 Å². The van der Waals surface area contributed by atoms with Gasteiger partial charge in [0.05, 0.1) is 5.03 Å². The third-order valence-electron chi connectivity index (χ3n) is 1.80. The Balaban J connectivity index is 1.85. The standard InChI is InChI=1S/C9H11NS/c1-2-6-10-9(3-1)11-7-8-4-5-8/h1-3,6,8H,4-5,7H2. The van der Waals surface area contributed by atoms with Crippen LogP contribution in [0.2, 0.25) is 0 Å². The summed E-state index contributed by atoms with van der Waals surface area (Å²) in [5.41, 5.74) is 0. The van der Waals surface area contributed by atoms with Crippen molar-refractivity contribution >= 4 is 11.8 Å². The van der Waals surface area contributed by atoms with Gasteiger partial charge in [-0.3, -0.25) is 0 Å². The first kappa shape index (κ1) is 7.17. The van der Waals surface area contributed by atoms with E-state index in [1.165, 1.54) is 23.6 Å². The molecule has 1 aromatic rings. The van der Waals surface area contributed by atoms with Crippen molar-refractivity contribution in [2.24, 2.45) is 5.92 Å². The van der Waals surface area contributed by atoms with Gasteiger partial charge in [-0.2, -0.15) is 0 Å². The monoisotopic (exact) mass is 165 g/mol. The zero-order chi connectivity index (χ0) is 7.52. The molecule has 0 bridgehead atoms. The van der Waals surface area contributed by atoms with Crippen LogP contribution < -0.4 is 0 Å². The molecule has 1 saturated carbocycles. The first-order chi connectivity index (χ1) is 5.45. The zero-order valence-electron chi connectivity index (χ0n) is 6.36. The topological polar surface area (TPSA) is 12.9 Å². The van der Waals surface area contributed by atoms with Crippen molar-refractivity contribution in [3.8, 4) is 0 Å². The number of nitrogens with zero attached hydrogens (tertiary/aromatic N) is 1. The van der Waals surface area contributed by atoms with E-state index in [0.29, 0.717) is 0 Å². The number of hydrogen-bond donors (Lipinski definition) is 0. The molecule has 0 unspecified atom stereocenters. The lowest BCUT2D eigenvalue weighted by Crippen LogP contribution is -1.82. The van der Waals surface area contributed by atoms with Crippen LogP contribution in [0.5, 0.6) is 0 Å². The molecule has 0 aliphatic heterocycles. The molecule has 1 heterocycles. The molecule has 0 saturated heterocycles. The van der Waals surface area contributed by atoms with Crippen LogP contribution in [0.3, 0.4) is 0 Å². The number of aromatic nitrogens is 1. The molecule has 0 amide bonds. The highest BCUT2D eigenvalue weighted by Gasteiger charge is 2.20. The third kappa shape index (κ3) is 2.22. The SMILES string of the molecule is c1ccc(SCC2CC2)nc1. The molecular formula is C9H11NS. The van der Waals surface area contributed by atoms with Crippen LogP contribution in [-0.2, 0) is 0 Å². The van der Waals surface area contributed by atoms with E-state index in [1.54, 1.807) is 0 Å². The Kier molecular flexibility index (Phi) is 2.13. The van der Waals surface area contributed by atoms with E-state index < -0.39 is 0 Å². The predicted molar refractivity (Wildman–Crippen MR) is 47.7 cm³/mol.